The molecule has 0 unspecified atom stereocenters. The molecule has 1 aromatic heterocycles. The lowest BCUT2D eigenvalue weighted by atomic mass is 10.2. The van der Waals surface area contributed by atoms with Crippen LogP contribution in [0.15, 0.2) is 60.7 Å². The molecule has 3 rings (SSSR count). The Bertz CT molecular complexity index is 1020. The Morgan fingerprint density at radius 2 is 1.57 bits per heavy atom. The number of amides is 2. The Labute approximate surface area is 175 Å². The van der Waals surface area contributed by atoms with Crippen molar-refractivity contribution in [1.82, 2.24) is 4.68 Å². The Hall–Kier alpha value is -3.74. The van der Waals surface area contributed by atoms with E-state index < -0.39 is 6.10 Å². The number of para-hydroxylation sites is 2. The van der Waals surface area contributed by atoms with Gasteiger partial charge in [0.05, 0.1) is 12.8 Å². The van der Waals surface area contributed by atoms with Gasteiger partial charge in [-0.3, -0.25) is 19.7 Å². The van der Waals surface area contributed by atoms with Gasteiger partial charge < -0.3 is 14.8 Å². The summed E-state index contributed by atoms with van der Waals surface area (Å²) in [5, 5.41) is 2.79. The predicted octanol–water partition coefficient (Wildman–Crippen LogP) is 3.90. The number of anilines is 1. The van der Waals surface area contributed by atoms with E-state index in [9.17, 15) is 9.59 Å². The first kappa shape index (κ1) is 21.0. The number of aryl methyl sites for hydroxylation is 2. The number of rotatable bonds is 7. The number of hydrogen-bond donors (Lipinski definition) is 2. The van der Waals surface area contributed by atoms with Crippen LogP contribution in [0.1, 0.15) is 28.7 Å². The molecule has 30 heavy (non-hydrogen) atoms. The first-order valence-electron chi connectivity index (χ1n) is 9.56. The molecule has 2 aromatic carbocycles. The van der Waals surface area contributed by atoms with Crippen LogP contribution in [0.2, 0.25) is 0 Å². The molecular weight excluding hydrogens is 382 g/mol. The summed E-state index contributed by atoms with van der Waals surface area (Å²) in [7, 11) is 1.54. The molecule has 1 heterocycles. The molecule has 0 aliphatic rings. The summed E-state index contributed by atoms with van der Waals surface area (Å²) in [4.78, 5) is 24.9. The minimum absolute atomic E-state index is 0.231. The molecule has 0 aliphatic heterocycles. The van der Waals surface area contributed by atoms with Gasteiger partial charge in [0.15, 0.2) is 6.10 Å². The third-order valence-electron chi connectivity index (χ3n) is 4.65. The molecule has 0 saturated carbocycles. The number of methoxy groups -OCH3 is 1. The summed E-state index contributed by atoms with van der Waals surface area (Å²) >= 11 is 0. The average molecular weight is 407 g/mol. The van der Waals surface area contributed by atoms with Crippen LogP contribution in [0, 0.1) is 13.8 Å². The van der Waals surface area contributed by atoms with E-state index in [1.54, 1.807) is 55.1 Å². The molecule has 0 radical (unpaired) electrons. The second-order valence-electron chi connectivity index (χ2n) is 6.87. The highest BCUT2D eigenvalue weighted by Crippen LogP contribution is 2.23. The van der Waals surface area contributed by atoms with Crippen LogP contribution in [-0.4, -0.2) is 29.7 Å². The Kier molecular flexibility index (Phi) is 6.41. The highest BCUT2D eigenvalue weighted by Gasteiger charge is 2.17. The van der Waals surface area contributed by atoms with Crippen LogP contribution in [-0.2, 0) is 4.79 Å². The molecule has 2 N–H and O–H groups in total. The van der Waals surface area contributed by atoms with Crippen molar-refractivity contribution in [2.75, 3.05) is 17.9 Å². The molecule has 156 valence electrons. The molecule has 1 atom stereocenters. The van der Waals surface area contributed by atoms with Crippen molar-refractivity contribution in [2.45, 2.75) is 26.9 Å². The van der Waals surface area contributed by atoms with Gasteiger partial charge in [-0.05, 0) is 69.3 Å². The van der Waals surface area contributed by atoms with Crippen molar-refractivity contribution in [1.29, 1.82) is 0 Å². The third kappa shape index (κ3) is 4.81. The maximum Gasteiger partial charge on any atom is 0.270 e. The van der Waals surface area contributed by atoms with Crippen molar-refractivity contribution < 1.29 is 19.1 Å². The third-order valence-corrected chi connectivity index (χ3v) is 4.65. The summed E-state index contributed by atoms with van der Waals surface area (Å²) in [6.07, 6.45) is -0.736. The van der Waals surface area contributed by atoms with E-state index in [4.69, 9.17) is 9.47 Å². The van der Waals surface area contributed by atoms with Gasteiger partial charge >= 0.3 is 0 Å². The number of nitrogens with one attached hydrogen (secondary N) is 2. The number of hydrogen-bond acceptors (Lipinski definition) is 4. The van der Waals surface area contributed by atoms with Crippen LogP contribution in [0.3, 0.4) is 0 Å². The zero-order valence-corrected chi connectivity index (χ0v) is 17.4. The summed E-state index contributed by atoms with van der Waals surface area (Å²) in [5.74, 6) is 0.523. The Balaban J connectivity index is 1.60. The van der Waals surface area contributed by atoms with Gasteiger partial charge in [-0.2, -0.15) is 0 Å². The van der Waals surface area contributed by atoms with Crippen molar-refractivity contribution in [3.8, 4) is 11.5 Å². The van der Waals surface area contributed by atoms with Crippen LogP contribution in [0.4, 0.5) is 5.69 Å². The van der Waals surface area contributed by atoms with E-state index in [1.807, 2.05) is 38.1 Å². The largest absolute Gasteiger partial charge is 0.495 e. The molecule has 7 nitrogen and oxygen atoms in total. The standard InChI is InChI=1S/C23H25N3O4/c1-15-9-10-16(2)26(15)25-23(28)18-11-13-19(14-12-18)30-17(3)22(27)24-20-7-5-6-8-21(20)29-4/h5-14,17H,1-4H3,(H,24,27)(H,25,28)/t17-/m1/s1. The molecule has 0 aliphatic carbocycles. The molecule has 0 saturated heterocycles. The SMILES string of the molecule is COc1ccccc1NC(=O)[C@@H](C)Oc1ccc(C(=O)Nn2c(C)ccc2C)cc1. The van der Waals surface area contributed by atoms with E-state index in [0.29, 0.717) is 22.7 Å². The first-order chi connectivity index (χ1) is 14.4. The fourth-order valence-electron chi connectivity index (χ4n) is 2.94. The number of carbonyl (C=O) groups is 2. The zero-order chi connectivity index (χ0) is 21.7. The lowest BCUT2D eigenvalue weighted by molar-refractivity contribution is -0.122. The maximum atomic E-state index is 12.5. The van der Waals surface area contributed by atoms with Gasteiger partial charge in [0.25, 0.3) is 11.8 Å². The summed E-state index contributed by atoms with van der Waals surface area (Å²) < 4.78 is 12.7. The van der Waals surface area contributed by atoms with Crippen molar-refractivity contribution in [3.63, 3.8) is 0 Å². The summed E-state index contributed by atoms with van der Waals surface area (Å²) in [5.41, 5.74) is 5.79. The van der Waals surface area contributed by atoms with Gasteiger partial charge in [-0.25, -0.2) is 0 Å². The highest BCUT2D eigenvalue weighted by atomic mass is 16.5. The summed E-state index contributed by atoms with van der Waals surface area (Å²) in [6.45, 7) is 5.49. The minimum atomic E-state index is -0.736. The predicted molar refractivity (Wildman–Crippen MR) is 116 cm³/mol. The molecule has 0 fully saturated rings. The van der Waals surface area contributed by atoms with Crippen LogP contribution in [0.5, 0.6) is 11.5 Å². The number of aromatic nitrogens is 1. The van der Waals surface area contributed by atoms with Crippen molar-refractivity contribution in [2.24, 2.45) is 0 Å². The van der Waals surface area contributed by atoms with Gasteiger partial charge in [-0.1, -0.05) is 12.1 Å². The zero-order valence-electron chi connectivity index (χ0n) is 17.4. The van der Waals surface area contributed by atoms with Gasteiger partial charge in [-0.15, -0.1) is 0 Å². The minimum Gasteiger partial charge on any atom is -0.495 e. The Morgan fingerprint density at radius 3 is 2.20 bits per heavy atom. The van der Waals surface area contributed by atoms with Crippen molar-refractivity contribution in [3.05, 3.63) is 77.6 Å². The molecule has 7 heteroatoms. The van der Waals surface area contributed by atoms with Gasteiger partial charge in [0, 0.05) is 17.0 Å². The lowest BCUT2D eigenvalue weighted by Crippen LogP contribution is -2.30. The number of ether oxygens (including phenoxy) is 2. The summed E-state index contributed by atoms with van der Waals surface area (Å²) in [6, 6.07) is 17.7. The monoisotopic (exact) mass is 407 g/mol. The van der Waals surface area contributed by atoms with E-state index in [0.717, 1.165) is 11.4 Å². The molecule has 2 amide bonds. The Morgan fingerprint density at radius 1 is 0.933 bits per heavy atom. The van der Waals surface area contributed by atoms with Crippen LogP contribution >= 0.6 is 0 Å². The average Bonchev–Trinajstić information content (AvgIpc) is 3.06. The van der Waals surface area contributed by atoms with Gasteiger partial charge in [0.1, 0.15) is 11.5 Å². The normalized spacial score (nSPS) is 11.5. The lowest BCUT2D eigenvalue weighted by Gasteiger charge is -2.16. The second-order valence-corrected chi connectivity index (χ2v) is 6.87. The second kappa shape index (κ2) is 9.17. The first-order valence-corrected chi connectivity index (χ1v) is 9.56. The molecule has 0 spiro atoms. The number of benzene rings is 2. The fraction of sp³-hybridized carbons (Fsp3) is 0.217. The van der Waals surface area contributed by atoms with Crippen LogP contribution in [0.25, 0.3) is 0 Å². The smallest absolute Gasteiger partial charge is 0.270 e. The van der Waals surface area contributed by atoms with E-state index in [1.165, 1.54) is 0 Å². The van der Waals surface area contributed by atoms with Crippen LogP contribution < -0.4 is 20.2 Å². The van der Waals surface area contributed by atoms with Gasteiger partial charge in [0.2, 0.25) is 0 Å². The topological polar surface area (TPSA) is 81.6 Å². The quantitative estimate of drug-likeness (QED) is 0.622. The number of nitrogens with zero attached hydrogens (tertiary/aromatic N) is 1. The van der Waals surface area contributed by atoms with Crippen molar-refractivity contribution >= 4 is 17.5 Å². The molecule has 0 bridgehead atoms. The molecular formula is C23H25N3O4. The number of carbonyl (C=O) groups excluding carboxylic acids is 2. The van der Waals surface area contributed by atoms with E-state index in [-0.39, 0.29) is 11.8 Å². The van der Waals surface area contributed by atoms with E-state index >= 15 is 0 Å². The highest BCUT2D eigenvalue weighted by molar-refractivity contribution is 6.00. The van der Waals surface area contributed by atoms with E-state index in [2.05, 4.69) is 10.7 Å². The molecule has 3 aromatic rings. The maximum absolute atomic E-state index is 12.5. The fourth-order valence-corrected chi connectivity index (χ4v) is 2.94.